The van der Waals surface area contributed by atoms with Crippen LogP contribution in [0.25, 0.3) is 0 Å². The number of carbonyl (C=O) groups excluding carboxylic acids is 1. The van der Waals surface area contributed by atoms with Crippen molar-refractivity contribution in [3.63, 3.8) is 0 Å². The number of amides is 1. The van der Waals surface area contributed by atoms with E-state index < -0.39 is 42.0 Å². The van der Waals surface area contributed by atoms with Crippen molar-refractivity contribution in [1.82, 2.24) is 4.90 Å². The molecule has 1 spiro atoms. The predicted octanol–water partition coefficient (Wildman–Crippen LogP) is 3.82. The Bertz CT molecular complexity index is 756. The molecule has 142 valence electrons. The number of hydrogen-bond acceptors (Lipinski definition) is 2. The van der Waals surface area contributed by atoms with Gasteiger partial charge in [-0.25, -0.2) is 8.78 Å². The molecule has 8 heteroatoms. The number of nitrogens with zero attached hydrogens (tertiary/aromatic N) is 1. The van der Waals surface area contributed by atoms with Gasteiger partial charge in [-0.3, -0.25) is 4.79 Å². The number of likely N-dealkylation sites (tertiary alicyclic amines) is 1. The van der Waals surface area contributed by atoms with Crippen LogP contribution in [0.2, 0.25) is 0 Å². The summed E-state index contributed by atoms with van der Waals surface area (Å²) in [6.45, 7) is 0.127. The van der Waals surface area contributed by atoms with Crippen molar-refractivity contribution in [3.05, 3.63) is 34.9 Å². The molecular weight excluding hydrogens is 357 g/mol. The molecule has 3 nitrogen and oxygen atoms in total. The van der Waals surface area contributed by atoms with E-state index in [-0.39, 0.29) is 23.1 Å². The minimum Gasteiger partial charge on any atom is -0.394 e. The highest BCUT2D eigenvalue weighted by Crippen LogP contribution is 2.57. The van der Waals surface area contributed by atoms with Crippen LogP contribution in [0.1, 0.15) is 53.1 Å². The number of halogens is 5. The van der Waals surface area contributed by atoms with E-state index >= 15 is 0 Å². The summed E-state index contributed by atoms with van der Waals surface area (Å²) in [5.74, 6) is -4.94. The van der Waals surface area contributed by atoms with Crippen LogP contribution in [0.3, 0.4) is 0 Å². The number of carbonyl (C=O) groups is 1. The number of hydrogen-bond donors (Lipinski definition) is 1. The van der Waals surface area contributed by atoms with Gasteiger partial charge in [-0.05, 0) is 48.4 Å². The number of aliphatic hydroxyl groups excluding tert-OH is 1. The zero-order valence-electron chi connectivity index (χ0n) is 13.8. The second-order valence-electron chi connectivity index (χ2n) is 7.83. The van der Waals surface area contributed by atoms with Gasteiger partial charge >= 0.3 is 6.18 Å². The lowest BCUT2D eigenvalue weighted by molar-refractivity contribution is -0.137. The van der Waals surface area contributed by atoms with Gasteiger partial charge in [0.2, 0.25) is 0 Å². The third kappa shape index (κ3) is 2.98. The van der Waals surface area contributed by atoms with Crippen molar-refractivity contribution >= 4 is 5.91 Å². The normalized spacial score (nSPS) is 28.5. The van der Waals surface area contributed by atoms with Gasteiger partial charge in [-0.1, -0.05) is 0 Å². The van der Waals surface area contributed by atoms with Gasteiger partial charge < -0.3 is 10.0 Å². The van der Waals surface area contributed by atoms with Gasteiger partial charge in [-0.2, -0.15) is 13.2 Å². The fourth-order valence-electron chi connectivity index (χ4n) is 3.99. The molecule has 1 amide bonds. The van der Waals surface area contributed by atoms with Gasteiger partial charge in [0, 0.05) is 18.5 Å². The Morgan fingerprint density at radius 3 is 2.35 bits per heavy atom. The highest BCUT2D eigenvalue weighted by Gasteiger charge is 2.58. The molecule has 0 bridgehead atoms. The van der Waals surface area contributed by atoms with Gasteiger partial charge in [0.15, 0.2) is 0 Å². The van der Waals surface area contributed by atoms with E-state index in [1.54, 1.807) is 0 Å². The molecule has 1 aromatic rings. The Morgan fingerprint density at radius 1 is 1.19 bits per heavy atom. The quantitative estimate of drug-likeness (QED) is 0.816. The second kappa shape index (κ2) is 5.41. The summed E-state index contributed by atoms with van der Waals surface area (Å²) in [5, 5.41) is 9.52. The summed E-state index contributed by atoms with van der Waals surface area (Å²) in [4.78, 5) is 14.2. The molecule has 4 rings (SSSR count). The minimum atomic E-state index is -4.73. The van der Waals surface area contributed by atoms with Gasteiger partial charge in [0.1, 0.15) is 0 Å². The first-order chi connectivity index (χ1) is 12.0. The SMILES string of the molecule is O=C(c1cc(C2CC2(F)F)cc(C(F)(F)F)c1)N1CC2(CC2)C[C@H]1CO. The van der Waals surface area contributed by atoms with Crippen LogP contribution in [0.4, 0.5) is 22.0 Å². The predicted molar refractivity (Wildman–Crippen MR) is 81.9 cm³/mol. The summed E-state index contributed by atoms with van der Waals surface area (Å²) in [7, 11) is 0. The van der Waals surface area contributed by atoms with Gasteiger partial charge in [0.25, 0.3) is 11.8 Å². The fraction of sp³-hybridized carbons (Fsp3) is 0.611. The van der Waals surface area contributed by atoms with Gasteiger partial charge in [-0.15, -0.1) is 0 Å². The summed E-state index contributed by atoms with van der Waals surface area (Å²) in [5.41, 5.74) is -1.53. The summed E-state index contributed by atoms with van der Waals surface area (Å²) < 4.78 is 66.3. The number of benzene rings is 1. The van der Waals surface area contributed by atoms with E-state index in [1.807, 2.05) is 0 Å². The second-order valence-corrected chi connectivity index (χ2v) is 7.83. The Kier molecular flexibility index (Phi) is 3.68. The van der Waals surface area contributed by atoms with Crippen molar-refractivity contribution in [2.45, 2.75) is 49.7 Å². The molecule has 3 fully saturated rings. The van der Waals surface area contributed by atoms with E-state index in [1.165, 1.54) is 4.90 Å². The smallest absolute Gasteiger partial charge is 0.394 e. The standard InChI is InChI=1S/C18H18F5NO2/c19-17(20)7-14(17)10-3-11(5-12(4-10)18(21,22)23)15(26)24-9-16(1-2-16)6-13(24)8-25/h3-5,13-14,25H,1-2,6-9H2/t13-,14?/m0/s1. The topological polar surface area (TPSA) is 40.5 Å². The summed E-state index contributed by atoms with van der Waals surface area (Å²) in [6.07, 6.45) is -2.76. The van der Waals surface area contributed by atoms with Crippen LogP contribution in [0.15, 0.2) is 18.2 Å². The van der Waals surface area contributed by atoms with Crippen LogP contribution in [0, 0.1) is 5.41 Å². The summed E-state index contributed by atoms with van der Waals surface area (Å²) in [6, 6.07) is 2.14. The molecule has 26 heavy (non-hydrogen) atoms. The molecule has 2 aliphatic carbocycles. The highest BCUT2D eigenvalue weighted by atomic mass is 19.4. The van der Waals surface area contributed by atoms with E-state index in [2.05, 4.69) is 0 Å². The lowest BCUT2D eigenvalue weighted by atomic mass is 10.0. The third-order valence-electron chi connectivity index (χ3n) is 5.80. The van der Waals surface area contributed by atoms with Crippen molar-refractivity contribution in [2.75, 3.05) is 13.2 Å². The molecule has 1 saturated heterocycles. The van der Waals surface area contributed by atoms with E-state index in [9.17, 15) is 31.9 Å². The van der Waals surface area contributed by atoms with Crippen LogP contribution >= 0.6 is 0 Å². The summed E-state index contributed by atoms with van der Waals surface area (Å²) >= 11 is 0. The van der Waals surface area contributed by atoms with E-state index in [0.29, 0.717) is 19.0 Å². The average Bonchev–Trinajstić information content (AvgIpc) is 3.41. The van der Waals surface area contributed by atoms with Crippen LogP contribution in [-0.4, -0.2) is 41.0 Å². The lowest BCUT2D eigenvalue weighted by Crippen LogP contribution is -2.38. The number of rotatable bonds is 3. The molecule has 1 aromatic carbocycles. The maximum atomic E-state index is 13.4. The largest absolute Gasteiger partial charge is 0.416 e. The maximum absolute atomic E-state index is 13.4. The molecule has 1 N–H and O–H groups in total. The molecule has 1 unspecified atom stereocenters. The molecule has 2 atom stereocenters. The van der Waals surface area contributed by atoms with Crippen LogP contribution in [-0.2, 0) is 6.18 Å². The third-order valence-corrected chi connectivity index (χ3v) is 5.80. The van der Waals surface area contributed by atoms with E-state index in [0.717, 1.165) is 25.0 Å². The van der Waals surface area contributed by atoms with Crippen LogP contribution in [0.5, 0.6) is 0 Å². The average molecular weight is 375 g/mol. The van der Waals surface area contributed by atoms with Crippen molar-refractivity contribution in [2.24, 2.45) is 5.41 Å². The number of alkyl halides is 5. The van der Waals surface area contributed by atoms with E-state index in [4.69, 9.17) is 0 Å². The van der Waals surface area contributed by atoms with Crippen molar-refractivity contribution in [1.29, 1.82) is 0 Å². The Morgan fingerprint density at radius 2 is 1.85 bits per heavy atom. The molecule has 0 radical (unpaired) electrons. The molecule has 1 aliphatic heterocycles. The lowest BCUT2D eigenvalue weighted by Gasteiger charge is -2.24. The first-order valence-electron chi connectivity index (χ1n) is 8.57. The van der Waals surface area contributed by atoms with Gasteiger partial charge in [0.05, 0.1) is 24.1 Å². The Hall–Kier alpha value is -1.70. The zero-order chi connectivity index (χ0) is 18.9. The Balaban J connectivity index is 1.69. The molecule has 3 aliphatic rings. The molecule has 2 saturated carbocycles. The minimum absolute atomic E-state index is 0.0307. The highest BCUT2D eigenvalue weighted by molar-refractivity contribution is 5.95. The van der Waals surface area contributed by atoms with Crippen molar-refractivity contribution < 1.29 is 31.9 Å². The van der Waals surface area contributed by atoms with Crippen LogP contribution < -0.4 is 0 Å². The monoisotopic (exact) mass is 375 g/mol. The zero-order valence-corrected chi connectivity index (χ0v) is 13.8. The molecular formula is C18H18F5NO2. The maximum Gasteiger partial charge on any atom is 0.416 e. The first kappa shape index (κ1) is 17.7. The molecule has 1 heterocycles. The van der Waals surface area contributed by atoms with Crippen molar-refractivity contribution in [3.8, 4) is 0 Å². The molecule has 0 aromatic heterocycles. The fourth-order valence-corrected chi connectivity index (χ4v) is 3.99. The Labute approximate surface area is 146 Å². The number of aliphatic hydroxyl groups is 1. The first-order valence-corrected chi connectivity index (χ1v) is 8.57.